The van der Waals surface area contributed by atoms with E-state index in [1.165, 1.54) is 92.6 Å². The summed E-state index contributed by atoms with van der Waals surface area (Å²) in [5.74, 6) is -11.1. The van der Waals surface area contributed by atoms with Gasteiger partial charge >= 0.3 is 6.09 Å². The average Bonchev–Trinajstić information content (AvgIpc) is 1.61. The van der Waals surface area contributed by atoms with Gasteiger partial charge in [-0.3, -0.25) is 57.5 Å². The van der Waals surface area contributed by atoms with Gasteiger partial charge in [-0.15, -0.1) is 0 Å². The normalized spacial score (nSPS) is 23.4. The summed E-state index contributed by atoms with van der Waals surface area (Å²) in [6, 6.07) is 8.20. The number of allylic oxidation sites excluding steroid dienone is 2. The fourth-order valence-electron chi connectivity index (χ4n) is 15.8. The molecule has 5 rings (SSSR count). The summed E-state index contributed by atoms with van der Waals surface area (Å²) in [6.07, 6.45) is 4.79. The van der Waals surface area contributed by atoms with Crippen LogP contribution in [0.5, 0.6) is 0 Å². The van der Waals surface area contributed by atoms with E-state index in [1.807, 2.05) is 79.7 Å². The maximum absolute atomic E-state index is 15.8. The number of amides is 13. The van der Waals surface area contributed by atoms with Crippen molar-refractivity contribution >= 4 is 77.0 Å². The number of carbonyl (C=O) groups is 13. The van der Waals surface area contributed by atoms with E-state index in [0.29, 0.717) is 37.1 Å². The number of likely N-dealkylation sites (N-methyl/N-ethyl adjacent to an activating group) is 7. The van der Waals surface area contributed by atoms with Gasteiger partial charge in [0.15, 0.2) is 0 Å². The Labute approximate surface area is 707 Å². The topological polar surface area (TPSA) is 346 Å². The summed E-state index contributed by atoms with van der Waals surface area (Å²) >= 11 is 0. The van der Waals surface area contributed by atoms with Crippen molar-refractivity contribution in [3.05, 3.63) is 107 Å². The predicted octanol–water partition coefficient (Wildman–Crippen LogP) is 8.71. The van der Waals surface area contributed by atoms with Crippen molar-refractivity contribution in [3.8, 4) is 11.1 Å². The molecular weight excluding hydrogens is 1520 g/mol. The lowest BCUT2D eigenvalue weighted by molar-refractivity contribution is -0.157. The molecule has 1 aliphatic heterocycles. The number of unbranched alkanes of at least 4 members (excludes halogenated alkanes) is 3. The molecule has 119 heavy (non-hydrogen) atoms. The number of fused-ring (bicyclic) bond motifs is 3. The van der Waals surface area contributed by atoms with Crippen LogP contribution in [0.3, 0.4) is 0 Å². The van der Waals surface area contributed by atoms with Gasteiger partial charge in [-0.2, -0.15) is 0 Å². The number of hydrogen-bond donors (Lipinski definition) is 7. The summed E-state index contributed by atoms with van der Waals surface area (Å²) in [6.45, 7) is 30.7. The number of rotatable bonds is 27. The van der Waals surface area contributed by atoms with Crippen molar-refractivity contribution in [2.24, 2.45) is 41.4 Å². The molecule has 0 saturated carbocycles. The van der Waals surface area contributed by atoms with E-state index in [9.17, 15) is 29.1 Å². The zero-order chi connectivity index (χ0) is 89.3. The molecule has 660 valence electrons. The number of nitrogens with zero attached hydrogens (tertiary/aromatic N) is 7. The van der Waals surface area contributed by atoms with Crippen LogP contribution in [-0.4, -0.2) is 258 Å². The Kier molecular flexibility index (Phi) is 39.2. The number of hydrogen-bond acceptors (Lipinski definition) is 15. The molecule has 1 saturated heterocycles. The number of nitrogens with one attached hydrogen (secondary N) is 6. The van der Waals surface area contributed by atoms with Gasteiger partial charge in [0.05, 0.1) is 6.10 Å². The summed E-state index contributed by atoms with van der Waals surface area (Å²) < 4.78 is 5.70. The van der Waals surface area contributed by atoms with E-state index in [4.69, 9.17) is 4.74 Å². The quantitative estimate of drug-likeness (QED) is 0.0277. The Hall–Kier alpha value is -9.73. The van der Waals surface area contributed by atoms with Gasteiger partial charge in [0.2, 0.25) is 65.0 Å². The van der Waals surface area contributed by atoms with Crippen LogP contribution >= 0.6 is 0 Å². The second-order valence-corrected chi connectivity index (χ2v) is 35.1. The highest BCUT2D eigenvalue weighted by Gasteiger charge is 2.47. The van der Waals surface area contributed by atoms with Gasteiger partial charge in [0, 0.05) is 80.3 Å². The van der Waals surface area contributed by atoms with Crippen molar-refractivity contribution < 1.29 is 72.2 Å². The van der Waals surface area contributed by atoms with Gasteiger partial charge < -0.3 is 76.0 Å². The first kappa shape index (κ1) is 99.8. The van der Waals surface area contributed by atoms with Crippen LogP contribution in [-0.2, 0) is 63.9 Å². The number of benzene rings is 3. The second-order valence-electron chi connectivity index (χ2n) is 35.1. The van der Waals surface area contributed by atoms with Crippen molar-refractivity contribution in [2.75, 3.05) is 69.0 Å². The van der Waals surface area contributed by atoms with E-state index in [0.717, 1.165) is 40.0 Å². The van der Waals surface area contributed by atoms with Crippen LogP contribution in [0.25, 0.3) is 11.1 Å². The molecule has 13 atom stereocenters. The average molecular weight is 1660 g/mol. The molecule has 2 aliphatic rings. The van der Waals surface area contributed by atoms with Gasteiger partial charge in [-0.05, 0) is 154 Å². The third-order valence-corrected chi connectivity index (χ3v) is 23.0. The van der Waals surface area contributed by atoms with Crippen molar-refractivity contribution in [1.82, 2.24) is 66.2 Å². The van der Waals surface area contributed by atoms with Crippen LogP contribution < -0.4 is 31.9 Å². The highest BCUT2D eigenvalue weighted by atomic mass is 16.5. The number of alkyl carbamates (subject to hydrolysis) is 1. The van der Waals surface area contributed by atoms with Gasteiger partial charge in [-0.1, -0.05) is 183 Å². The zero-order valence-electron chi connectivity index (χ0n) is 75.3. The van der Waals surface area contributed by atoms with Crippen LogP contribution in [0.1, 0.15) is 215 Å². The van der Waals surface area contributed by atoms with E-state index < -0.39 is 161 Å². The number of ether oxygens (including phenoxy) is 1. The SMILES string of the molecule is CC=CC[C@@H](C)[C@@H](O)[C@H]1C(=O)N[C@@H](CC)C(=O)N(C)C(Cc2ccc(C(=O)NCCCCCCNC(=O)OCC3c4ccccc4-c4ccccc43)cc2)C(=O)N(C)[C@@H](CC(C)C)C(=O)N[C@@H](C(C)C)C(=O)N(C)[C@@H](CC(C)C)C(=O)N[C@@H](C)C(=O)N[C@H](C)C(=O)N(C)[C@@H](CC(C)C)C(=O)N(C)[C@@H](CC(C)C)C(=O)N(C)[C@@H](C(C)C)C(=O)N1C. The van der Waals surface area contributed by atoms with Crippen LogP contribution in [0.2, 0.25) is 0 Å². The Morgan fingerprint density at radius 3 is 1.39 bits per heavy atom. The maximum atomic E-state index is 15.8. The van der Waals surface area contributed by atoms with E-state index in [-0.39, 0.29) is 87.0 Å². The molecule has 1 fully saturated rings. The molecule has 0 bridgehead atoms. The lowest BCUT2D eigenvalue weighted by atomic mass is 9.91. The number of aliphatic hydroxyl groups excluding tert-OH is 1. The standard InChI is InChI=1S/C91H141N13O15/c1-25-27-36-59(15)78(105)77-83(110)96-69(26-2)85(112)101(21)74(51-62-41-43-63(44-42-62)80(107)92-45-34-28-29-35-46-93-91(118)119-52-68-66-39-32-30-37-64(66)65-38-31-33-40-67(65)68)87(114)98(18)71(48-54(5)6)82(109)97-75(57(11)12)89(116)99(19)70(47-53(3)4)81(108)94-60(16)79(106)95-61(17)84(111)100(20)72(49-55(7)8)86(113)102(22)73(50-56(9)10)88(115)103(23)76(58(13)14)90(117)104(77)24/h25,27,30-33,37-44,53-61,68-78,105H,26,28-29,34-36,45-52H2,1-24H3,(H,92,107)(H,93,118)(H,94,108)(H,95,106)(H,96,110)(H,97,109)/t59-,60+,61-,69+,70+,71+,72+,73+,74?,75+,76+,77+,78-/m1/s1. The zero-order valence-corrected chi connectivity index (χ0v) is 75.3. The number of carbonyl (C=O) groups excluding carboxylic acids is 13. The molecule has 13 amide bonds. The molecule has 28 nitrogen and oxygen atoms in total. The minimum absolute atomic E-state index is 0.0542. The first-order chi connectivity index (χ1) is 55.9. The maximum Gasteiger partial charge on any atom is 0.407 e. The second kappa shape index (κ2) is 46.7. The Morgan fingerprint density at radius 2 is 0.899 bits per heavy atom. The summed E-state index contributed by atoms with van der Waals surface area (Å²) in [4.78, 5) is 202. The molecule has 0 radical (unpaired) electrons. The molecular formula is C91H141N13O15. The highest BCUT2D eigenvalue weighted by Crippen LogP contribution is 2.44. The van der Waals surface area contributed by atoms with E-state index in [1.54, 1.807) is 84.9 Å². The monoisotopic (exact) mass is 1660 g/mol. The van der Waals surface area contributed by atoms with E-state index >= 15 is 38.4 Å². The third-order valence-electron chi connectivity index (χ3n) is 23.0. The molecule has 1 heterocycles. The van der Waals surface area contributed by atoms with Crippen LogP contribution in [0.4, 0.5) is 4.79 Å². The largest absolute Gasteiger partial charge is 0.449 e. The molecule has 0 spiro atoms. The Balaban J connectivity index is 1.54. The molecule has 1 unspecified atom stereocenters. The predicted molar refractivity (Wildman–Crippen MR) is 461 cm³/mol. The fourth-order valence-corrected chi connectivity index (χ4v) is 15.8. The summed E-state index contributed by atoms with van der Waals surface area (Å²) in [5, 5.41) is 29.5. The first-order valence-electron chi connectivity index (χ1n) is 42.8. The third kappa shape index (κ3) is 27.1. The van der Waals surface area contributed by atoms with Crippen molar-refractivity contribution in [3.63, 3.8) is 0 Å². The fraction of sp³-hybridized carbons (Fsp3) is 0.637. The minimum atomic E-state index is -1.71. The van der Waals surface area contributed by atoms with Gasteiger partial charge in [-0.25, -0.2) is 4.79 Å². The molecule has 28 heteroatoms. The lowest BCUT2D eigenvalue weighted by Gasteiger charge is -2.41. The molecule has 0 aromatic heterocycles. The van der Waals surface area contributed by atoms with E-state index in [2.05, 4.69) is 56.2 Å². The lowest BCUT2D eigenvalue weighted by Crippen LogP contribution is -2.64. The van der Waals surface area contributed by atoms with Gasteiger partial charge in [0.1, 0.15) is 73.1 Å². The number of aliphatic hydroxyl groups is 1. The highest BCUT2D eigenvalue weighted by molar-refractivity contribution is 6.00. The Morgan fingerprint density at radius 1 is 0.462 bits per heavy atom. The smallest absolute Gasteiger partial charge is 0.407 e. The first-order valence-corrected chi connectivity index (χ1v) is 42.8. The van der Waals surface area contributed by atoms with Crippen LogP contribution in [0, 0.1) is 41.4 Å². The molecule has 3 aromatic rings. The molecule has 3 aromatic carbocycles. The molecule has 1 aliphatic carbocycles. The van der Waals surface area contributed by atoms with Crippen molar-refractivity contribution in [1.29, 1.82) is 0 Å². The Bertz CT molecular complexity index is 3930. The van der Waals surface area contributed by atoms with Crippen molar-refractivity contribution in [2.45, 2.75) is 267 Å². The minimum Gasteiger partial charge on any atom is -0.449 e. The van der Waals surface area contributed by atoms with Crippen LogP contribution in [0.15, 0.2) is 84.9 Å². The summed E-state index contributed by atoms with van der Waals surface area (Å²) in [7, 11) is 9.91. The summed E-state index contributed by atoms with van der Waals surface area (Å²) in [5.41, 5.74) is 5.34. The van der Waals surface area contributed by atoms with Gasteiger partial charge in [0.25, 0.3) is 5.91 Å². The molecule has 7 N–H and O–H groups in total.